The molecule has 2 aromatic rings. The zero-order valence-electron chi connectivity index (χ0n) is 12.9. The quantitative estimate of drug-likeness (QED) is 0.766. The topological polar surface area (TPSA) is 69.5 Å². The Morgan fingerprint density at radius 3 is 3.09 bits per heavy atom. The molecule has 1 atom stereocenters. The number of likely N-dealkylation sites (tertiary alicyclic amines) is 1. The number of benzene rings is 1. The van der Waals surface area contributed by atoms with Crippen LogP contribution >= 0.6 is 0 Å². The van der Waals surface area contributed by atoms with E-state index in [2.05, 4.69) is 10.3 Å². The highest BCUT2D eigenvalue weighted by molar-refractivity contribution is 5.97. The Morgan fingerprint density at radius 1 is 1.41 bits per heavy atom. The summed E-state index contributed by atoms with van der Waals surface area (Å²) in [7, 11) is 3.47. The van der Waals surface area contributed by atoms with E-state index in [1.54, 1.807) is 17.9 Å². The molecule has 1 aliphatic heterocycles. The maximum absolute atomic E-state index is 12.6. The fourth-order valence-corrected chi connectivity index (χ4v) is 2.69. The third-order valence-corrected chi connectivity index (χ3v) is 3.93. The standard InChI is InChI=1S/C15H20N4O3/c1-18-14-9-11(3-4-13(14)16-17-18)15(20)19-6-5-12(10-19)22-8-7-21-2/h3-4,9,12H,5-8,10H2,1-2H3/t12-/m0/s1. The minimum Gasteiger partial charge on any atom is -0.382 e. The summed E-state index contributed by atoms with van der Waals surface area (Å²) in [5.41, 5.74) is 2.31. The third kappa shape index (κ3) is 2.95. The van der Waals surface area contributed by atoms with E-state index in [9.17, 15) is 4.79 Å². The molecule has 0 unspecified atom stereocenters. The zero-order chi connectivity index (χ0) is 15.5. The van der Waals surface area contributed by atoms with Gasteiger partial charge in [-0.3, -0.25) is 4.79 Å². The van der Waals surface area contributed by atoms with Gasteiger partial charge in [0.15, 0.2) is 0 Å². The molecule has 1 aromatic carbocycles. The van der Waals surface area contributed by atoms with Crippen molar-refractivity contribution in [2.24, 2.45) is 7.05 Å². The van der Waals surface area contributed by atoms with Crippen LogP contribution in [0.2, 0.25) is 0 Å². The van der Waals surface area contributed by atoms with Gasteiger partial charge < -0.3 is 14.4 Å². The van der Waals surface area contributed by atoms with Gasteiger partial charge in [0, 0.05) is 32.8 Å². The Morgan fingerprint density at radius 2 is 2.27 bits per heavy atom. The Kier molecular flexibility index (Phi) is 4.35. The van der Waals surface area contributed by atoms with Gasteiger partial charge in [-0.1, -0.05) is 5.21 Å². The number of carbonyl (C=O) groups excluding carboxylic acids is 1. The average Bonchev–Trinajstić information content (AvgIpc) is 3.14. The van der Waals surface area contributed by atoms with Gasteiger partial charge >= 0.3 is 0 Å². The van der Waals surface area contributed by atoms with E-state index in [1.807, 2.05) is 24.1 Å². The lowest BCUT2D eigenvalue weighted by atomic mass is 10.1. The Labute approximate surface area is 128 Å². The highest BCUT2D eigenvalue weighted by Gasteiger charge is 2.27. The SMILES string of the molecule is COCCO[C@H]1CCN(C(=O)c2ccc3nnn(C)c3c2)C1. The molecule has 0 aliphatic carbocycles. The molecule has 3 rings (SSSR count). The molecule has 118 valence electrons. The summed E-state index contributed by atoms with van der Waals surface area (Å²) >= 11 is 0. The van der Waals surface area contributed by atoms with E-state index < -0.39 is 0 Å². The number of aryl methyl sites for hydroxylation is 1. The van der Waals surface area contributed by atoms with Gasteiger partial charge in [0.25, 0.3) is 5.91 Å². The number of hydrogen-bond acceptors (Lipinski definition) is 5. The molecule has 7 nitrogen and oxygen atoms in total. The molecule has 1 fully saturated rings. The van der Waals surface area contributed by atoms with E-state index in [0.29, 0.717) is 25.3 Å². The van der Waals surface area contributed by atoms with Crippen LogP contribution in [0.4, 0.5) is 0 Å². The van der Waals surface area contributed by atoms with Crippen LogP contribution in [0.25, 0.3) is 11.0 Å². The van der Waals surface area contributed by atoms with Gasteiger partial charge in [-0.15, -0.1) is 5.10 Å². The molecule has 7 heteroatoms. The Bertz CT molecular complexity index is 670. The lowest BCUT2D eigenvalue weighted by molar-refractivity contribution is 0.0218. The molecule has 1 saturated heterocycles. The summed E-state index contributed by atoms with van der Waals surface area (Å²) in [6, 6.07) is 5.48. The molecule has 1 aromatic heterocycles. The van der Waals surface area contributed by atoms with Gasteiger partial charge in [-0.2, -0.15) is 0 Å². The van der Waals surface area contributed by atoms with Crippen LogP contribution in [0.5, 0.6) is 0 Å². The van der Waals surface area contributed by atoms with Crippen molar-refractivity contribution in [3.8, 4) is 0 Å². The molecule has 0 radical (unpaired) electrons. The summed E-state index contributed by atoms with van der Waals surface area (Å²) in [4.78, 5) is 14.4. The number of rotatable bonds is 5. The fourth-order valence-electron chi connectivity index (χ4n) is 2.69. The second kappa shape index (κ2) is 6.41. The number of ether oxygens (including phenoxy) is 2. The van der Waals surface area contributed by atoms with Crippen molar-refractivity contribution in [3.63, 3.8) is 0 Å². The molecular weight excluding hydrogens is 284 g/mol. The number of methoxy groups -OCH3 is 1. The highest BCUT2D eigenvalue weighted by atomic mass is 16.5. The average molecular weight is 304 g/mol. The number of amides is 1. The number of aromatic nitrogens is 3. The van der Waals surface area contributed by atoms with Crippen molar-refractivity contribution in [1.82, 2.24) is 19.9 Å². The molecule has 0 N–H and O–H groups in total. The lowest BCUT2D eigenvalue weighted by Gasteiger charge is -2.17. The van der Waals surface area contributed by atoms with Crippen LogP contribution in [0.1, 0.15) is 16.8 Å². The van der Waals surface area contributed by atoms with E-state index in [1.165, 1.54) is 0 Å². The van der Waals surface area contributed by atoms with Crippen molar-refractivity contribution >= 4 is 16.9 Å². The summed E-state index contributed by atoms with van der Waals surface area (Å²) in [5.74, 6) is 0.0286. The Hall–Kier alpha value is -1.99. The van der Waals surface area contributed by atoms with Crippen molar-refractivity contribution < 1.29 is 14.3 Å². The van der Waals surface area contributed by atoms with Gasteiger partial charge in [0.1, 0.15) is 5.52 Å². The zero-order valence-corrected chi connectivity index (χ0v) is 12.9. The molecule has 2 heterocycles. The summed E-state index contributed by atoms with van der Waals surface area (Å²) in [6.07, 6.45) is 0.964. The van der Waals surface area contributed by atoms with E-state index >= 15 is 0 Å². The monoisotopic (exact) mass is 304 g/mol. The summed E-state index contributed by atoms with van der Waals surface area (Å²) < 4.78 is 12.3. The first-order valence-electron chi connectivity index (χ1n) is 7.38. The fraction of sp³-hybridized carbons (Fsp3) is 0.533. The maximum atomic E-state index is 12.6. The number of carbonyl (C=O) groups is 1. The van der Waals surface area contributed by atoms with Crippen LogP contribution in [-0.4, -0.2) is 65.3 Å². The largest absolute Gasteiger partial charge is 0.382 e. The summed E-state index contributed by atoms with van der Waals surface area (Å²) in [5, 5.41) is 7.98. The van der Waals surface area contributed by atoms with Crippen LogP contribution < -0.4 is 0 Å². The molecule has 1 aliphatic rings. The second-order valence-corrected chi connectivity index (χ2v) is 5.44. The first-order chi connectivity index (χ1) is 10.7. The predicted molar refractivity (Wildman–Crippen MR) is 80.6 cm³/mol. The Balaban J connectivity index is 1.66. The van der Waals surface area contributed by atoms with Gasteiger partial charge in [-0.05, 0) is 24.6 Å². The van der Waals surface area contributed by atoms with Crippen molar-refractivity contribution in [2.75, 3.05) is 33.4 Å². The number of nitrogens with zero attached hydrogens (tertiary/aromatic N) is 4. The third-order valence-electron chi connectivity index (χ3n) is 3.93. The molecule has 0 spiro atoms. The molecular formula is C15H20N4O3. The van der Waals surface area contributed by atoms with Crippen molar-refractivity contribution in [1.29, 1.82) is 0 Å². The molecule has 0 saturated carbocycles. The van der Waals surface area contributed by atoms with E-state index in [0.717, 1.165) is 24.0 Å². The van der Waals surface area contributed by atoms with Gasteiger partial charge in [-0.25, -0.2) is 4.68 Å². The van der Waals surface area contributed by atoms with E-state index in [-0.39, 0.29) is 12.0 Å². The lowest BCUT2D eigenvalue weighted by Crippen LogP contribution is -2.30. The van der Waals surface area contributed by atoms with Crippen LogP contribution in [0.15, 0.2) is 18.2 Å². The second-order valence-electron chi connectivity index (χ2n) is 5.44. The van der Waals surface area contributed by atoms with Crippen molar-refractivity contribution in [2.45, 2.75) is 12.5 Å². The van der Waals surface area contributed by atoms with Gasteiger partial charge in [0.05, 0.1) is 24.8 Å². The van der Waals surface area contributed by atoms with Gasteiger partial charge in [0.2, 0.25) is 0 Å². The number of hydrogen-bond donors (Lipinski definition) is 0. The molecule has 0 bridgehead atoms. The van der Waals surface area contributed by atoms with Crippen LogP contribution in [0.3, 0.4) is 0 Å². The molecule has 1 amide bonds. The minimum absolute atomic E-state index is 0.0286. The van der Waals surface area contributed by atoms with Crippen LogP contribution in [0, 0.1) is 0 Å². The first kappa shape index (κ1) is 14.9. The van der Waals surface area contributed by atoms with Crippen LogP contribution in [-0.2, 0) is 16.5 Å². The first-order valence-corrected chi connectivity index (χ1v) is 7.38. The smallest absolute Gasteiger partial charge is 0.254 e. The number of fused-ring (bicyclic) bond motifs is 1. The highest BCUT2D eigenvalue weighted by Crippen LogP contribution is 2.18. The maximum Gasteiger partial charge on any atom is 0.254 e. The molecule has 22 heavy (non-hydrogen) atoms. The van der Waals surface area contributed by atoms with Crippen molar-refractivity contribution in [3.05, 3.63) is 23.8 Å². The minimum atomic E-state index is 0.0286. The predicted octanol–water partition coefficient (Wildman–Crippen LogP) is 0.846. The van der Waals surface area contributed by atoms with E-state index in [4.69, 9.17) is 9.47 Å². The normalized spacial score (nSPS) is 18.3. The summed E-state index contributed by atoms with van der Waals surface area (Å²) in [6.45, 7) is 2.49.